The van der Waals surface area contributed by atoms with Gasteiger partial charge < -0.3 is 9.47 Å². The third kappa shape index (κ3) is 5.58. The van der Waals surface area contributed by atoms with E-state index in [2.05, 4.69) is 36.4 Å². The fourth-order valence-corrected chi connectivity index (χ4v) is 1.44. The zero-order chi connectivity index (χ0) is 11.8. The van der Waals surface area contributed by atoms with E-state index in [0.717, 1.165) is 35.6 Å². The molecule has 0 bridgehead atoms. The van der Waals surface area contributed by atoms with Gasteiger partial charge in [0.15, 0.2) is 0 Å². The molecule has 1 rings (SSSR count). The average molecular weight is 334 g/mol. The van der Waals surface area contributed by atoms with E-state index >= 15 is 0 Å². The van der Waals surface area contributed by atoms with Crippen LogP contribution in [0.3, 0.4) is 0 Å². The SMILES string of the molecule is CC(C)CCOc1cccc(OCCI)c1. The topological polar surface area (TPSA) is 18.5 Å². The summed E-state index contributed by atoms with van der Waals surface area (Å²) in [7, 11) is 0. The fourth-order valence-electron chi connectivity index (χ4n) is 1.22. The van der Waals surface area contributed by atoms with Crippen molar-refractivity contribution in [3.05, 3.63) is 24.3 Å². The molecule has 1 aromatic rings. The molecule has 0 heterocycles. The van der Waals surface area contributed by atoms with Gasteiger partial charge in [-0.05, 0) is 24.5 Å². The summed E-state index contributed by atoms with van der Waals surface area (Å²) in [6.07, 6.45) is 1.08. The lowest BCUT2D eigenvalue weighted by Crippen LogP contribution is -2.02. The van der Waals surface area contributed by atoms with Crippen LogP contribution in [0.25, 0.3) is 0 Å². The quantitative estimate of drug-likeness (QED) is 0.556. The summed E-state index contributed by atoms with van der Waals surface area (Å²) in [5.41, 5.74) is 0. The number of rotatable bonds is 7. The predicted molar refractivity (Wildman–Crippen MR) is 75.8 cm³/mol. The first kappa shape index (κ1) is 13.6. The first-order valence-electron chi connectivity index (χ1n) is 5.64. The molecule has 0 saturated heterocycles. The molecule has 0 fully saturated rings. The summed E-state index contributed by atoms with van der Waals surface area (Å²) >= 11 is 2.30. The van der Waals surface area contributed by atoms with Crippen molar-refractivity contribution in [2.75, 3.05) is 17.6 Å². The number of halogens is 1. The second kappa shape index (κ2) is 7.76. The lowest BCUT2D eigenvalue weighted by atomic mass is 10.1. The maximum Gasteiger partial charge on any atom is 0.123 e. The van der Waals surface area contributed by atoms with Crippen LogP contribution in [0.5, 0.6) is 11.5 Å². The van der Waals surface area contributed by atoms with E-state index in [4.69, 9.17) is 9.47 Å². The highest BCUT2D eigenvalue weighted by Crippen LogP contribution is 2.19. The van der Waals surface area contributed by atoms with Gasteiger partial charge in [-0.25, -0.2) is 0 Å². The Hall–Kier alpha value is -0.450. The van der Waals surface area contributed by atoms with Gasteiger partial charge in [-0.15, -0.1) is 0 Å². The molecule has 0 saturated carbocycles. The van der Waals surface area contributed by atoms with Crippen LogP contribution in [0.4, 0.5) is 0 Å². The Balaban J connectivity index is 2.40. The highest BCUT2D eigenvalue weighted by atomic mass is 127. The molecule has 0 amide bonds. The monoisotopic (exact) mass is 334 g/mol. The molecule has 0 radical (unpaired) electrons. The van der Waals surface area contributed by atoms with E-state index in [0.29, 0.717) is 5.92 Å². The maximum atomic E-state index is 5.66. The van der Waals surface area contributed by atoms with Crippen molar-refractivity contribution in [3.8, 4) is 11.5 Å². The van der Waals surface area contributed by atoms with E-state index in [9.17, 15) is 0 Å². The third-order valence-electron chi connectivity index (χ3n) is 2.12. The number of hydrogen-bond donors (Lipinski definition) is 0. The van der Waals surface area contributed by atoms with Crippen LogP contribution in [0.2, 0.25) is 0 Å². The second-order valence-corrected chi connectivity index (χ2v) is 5.12. The van der Waals surface area contributed by atoms with Crippen molar-refractivity contribution in [2.45, 2.75) is 20.3 Å². The van der Waals surface area contributed by atoms with Crippen molar-refractivity contribution in [2.24, 2.45) is 5.92 Å². The number of ether oxygens (including phenoxy) is 2. The number of alkyl halides is 1. The highest BCUT2D eigenvalue weighted by Gasteiger charge is 1.99. The van der Waals surface area contributed by atoms with Crippen LogP contribution in [0, 0.1) is 5.92 Å². The van der Waals surface area contributed by atoms with Gasteiger partial charge in [0.05, 0.1) is 13.2 Å². The predicted octanol–water partition coefficient (Wildman–Crippen LogP) is 3.93. The van der Waals surface area contributed by atoms with Crippen LogP contribution in [-0.2, 0) is 0 Å². The standard InChI is InChI=1S/C13H19IO2/c1-11(2)6-8-15-12-4-3-5-13(10-12)16-9-7-14/h3-5,10-11H,6-9H2,1-2H3. The number of hydrogen-bond acceptors (Lipinski definition) is 2. The Morgan fingerprint density at radius 2 is 1.75 bits per heavy atom. The third-order valence-corrected chi connectivity index (χ3v) is 2.56. The lowest BCUT2D eigenvalue weighted by Gasteiger charge is -2.09. The van der Waals surface area contributed by atoms with Crippen LogP contribution in [0.1, 0.15) is 20.3 Å². The van der Waals surface area contributed by atoms with Gasteiger partial charge >= 0.3 is 0 Å². The van der Waals surface area contributed by atoms with Crippen molar-refractivity contribution >= 4 is 22.6 Å². The van der Waals surface area contributed by atoms with Crippen molar-refractivity contribution < 1.29 is 9.47 Å². The second-order valence-electron chi connectivity index (χ2n) is 4.04. The maximum absolute atomic E-state index is 5.66. The first-order chi connectivity index (χ1) is 7.72. The average Bonchev–Trinajstić information content (AvgIpc) is 2.26. The molecule has 16 heavy (non-hydrogen) atoms. The van der Waals surface area contributed by atoms with Gasteiger partial charge in [0, 0.05) is 10.5 Å². The first-order valence-corrected chi connectivity index (χ1v) is 7.16. The van der Waals surface area contributed by atoms with Gasteiger partial charge in [0.25, 0.3) is 0 Å². The Kier molecular flexibility index (Phi) is 6.61. The molecule has 1 aromatic carbocycles. The van der Waals surface area contributed by atoms with Gasteiger partial charge in [-0.3, -0.25) is 0 Å². The van der Waals surface area contributed by atoms with E-state index in [-0.39, 0.29) is 0 Å². The smallest absolute Gasteiger partial charge is 0.123 e. The van der Waals surface area contributed by atoms with Gasteiger partial charge in [0.1, 0.15) is 11.5 Å². The minimum atomic E-state index is 0.679. The van der Waals surface area contributed by atoms with Crippen LogP contribution >= 0.6 is 22.6 Å². The summed E-state index contributed by atoms with van der Waals surface area (Å²) in [6.45, 7) is 5.91. The molecular formula is C13H19IO2. The van der Waals surface area contributed by atoms with E-state index < -0.39 is 0 Å². The Labute approximate surface area is 111 Å². The van der Waals surface area contributed by atoms with Gasteiger partial charge in [-0.2, -0.15) is 0 Å². The zero-order valence-corrected chi connectivity index (χ0v) is 12.1. The van der Waals surface area contributed by atoms with Crippen molar-refractivity contribution in [1.29, 1.82) is 0 Å². The van der Waals surface area contributed by atoms with Crippen LogP contribution in [-0.4, -0.2) is 17.6 Å². The molecule has 0 aliphatic carbocycles. The van der Waals surface area contributed by atoms with E-state index in [1.54, 1.807) is 0 Å². The minimum absolute atomic E-state index is 0.679. The molecule has 0 aliphatic heterocycles. The van der Waals surface area contributed by atoms with Crippen molar-refractivity contribution in [3.63, 3.8) is 0 Å². The minimum Gasteiger partial charge on any atom is -0.493 e. The normalized spacial score (nSPS) is 10.5. The molecule has 0 aliphatic rings. The molecule has 2 nitrogen and oxygen atoms in total. The van der Waals surface area contributed by atoms with Crippen LogP contribution in [0.15, 0.2) is 24.3 Å². The van der Waals surface area contributed by atoms with E-state index in [1.165, 1.54) is 0 Å². The van der Waals surface area contributed by atoms with E-state index in [1.807, 2.05) is 24.3 Å². The fraction of sp³-hybridized carbons (Fsp3) is 0.538. The highest BCUT2D eigenvalue weighted by molar-refractivity contribution is 14.1. The summed E-state index contributed by atoms with van der Waals surface area (Å²) < 4.78 is 12.2. The molecule has 3 heteroatoms. The summed E-state index contributed by atoms with van der Waals surface area (Å²) in [4.78, 5) is 0. The summed E-state index contributed by atoms with van der Waals surface area (Å²) in [5.74, 6) is 2.46. The van der Waals surface area contributed by atoms with Crippen LogP contribution < -0.4 is 9.47 Å². The lowest BCUT2D eigenvalue weighted by molar-refractivity contribution is 0.286. The largest absolute Gasteiger partial charge is 0.493 e. The molecule has 0 unspecified atom stereocenters. The molecular weight excluding hydrogens is 315 g/mol. The zero-order valence-electron chi connectivity index (χ0n) is 9.91. The summed E-state index contributed by atoms with van der Waals surface area (Å²) in [6, 6.07) is 7.85. The molecule has 0 aromatic heterocycles. The Bertz CT molecular complexity index is 300. The van der Waals surface area contributed by atoms with Gasteiger partial charge in [0.2, 0.25) is 0 Å². The molecule has 90 valence electrons. The molecule has 0 N–H and O–H groups in total. The Morgan fingerprint density at radius 3 is 2.31 bits per heavy atom. The number of benzene rings is 1. The van der Waals surface area contributed by atoms with Crippen molar-refractivity contribution in [1.82, 2.24) is 0 Å². The molecule has 0 spiro atoms. The van der Waals surface area contributed by atoms with Gasteiger partial charge in [-0.1, -0.05) is 42.5 Å². The molecule has 0 atom stereocenters. The summed E-state index contributed by atoms with van der Waals surface area (Å²) in [5, 5.41) is 0. The Morgan fingerprint density at radius 1 is 1.12 bits per heavy atom.